The minimum absolute atomic E-state index is 0.149. The summed E-state index contributed by atoms with van der Waals surface area (Å²) in [6, 6.07) is 3.46. The van der Waals surface area contributed by atoms with E-state index in [1.54, 1.807) is 18.7 Å². The van der Waals surface area contributed by atoms with E-state index in [0.29, 0.717) is 25.5 Å². The van der Waals surface area contributed by atoms with Gasteiger partial charge in [0.2, 0.25) is 10.0 Å². The fourth-order valence-electron chi connectivity index (χ4n) is 5.51. The van der Waals surface area contributed by atoms with E-state index in [9.17, 15) is 22.7 Å². The van der Waals surface area contributed by atoms with Crippen LogP contribution < -0.4 is 5.32 Å². The number of hydrogen-bond acceptors (Lipinski definition) is 9. The van der Waals surface area contributed by atoms with Crippen molar-refractivity contribution >= 4 is 21.8 Å². The zero-order valence-electron chi connectivity index (χ0n) is 22.9. The molecule has 1 aromatic rings. The van der Waals surface area contributed by atoms with Crippen LogP contribution in [0.4, 0.5) is 4.39 Å². The van der Waals surface area contributed by atoms with Gasteiger partial charge in [-0.3, -0.25) is 4.79 Å². The number of nitrogens with zero attached hydrogens (tertiary/aromatic N) is 4. The summed E-state index contributed by atoms with van der Waals surface area (Å²) < 4.78 is 54.6. The lowest BCUT2D eigenvalue weighted by Crippen LogP contribution is -2.54. The van der Waals surface area contributed by atoms with Crippen LogP contribution in [0.3, 0.4) is 0 Å². The lowest BCUT2D eigenvalue weighted by molar-refractivity contribution is -0.118. The summed E-state index contributed by atoms with van der Waals surface area (Å²) in [7, 11) is -4.09. The van der Waals surface area contributed by atoms with E-state index in [0.717, 1.165) is 38.1 Å². The Labute approximate surface area is 234 Å². The number of hydrogen-bond donors (Lipinski definition) is 2. The van der Waals surface area contributed by atoms with Crippen molar-refractivity contribution in [2.45, 2.75) is 49.8 Å². The van der Waals surface area contributed by atoms with Crippen LogP contribution in [-0.4, -0.2) is 104 Å². The molecule has 2 N–H and O–H groups in total. The molecule has 0 radical (unpaired) electrons. The molecule has 0 spiro atoms. The Morgan fingerprint density at radius 3 is 2.73 bits per heavy atom. The van der Waals surface area contributed by atoms with E-state index in [1.165, 1.54) is 10.4 Å². The first kappa shape index (κ1) is 28.7. The van der Waals surface area contributed by atoms with Crippen molar-refractivity contribution in [1.82, 2.24) is 19.4 Å². The zero-order valence-corrected chi connectivity index (χ0v) is 23.7. The molecule has 11 nitrogen and oxygen atoms in total. The Bertz CT molecular complexity index is 1350. The molecule has 3 fully saturated rings. The molecule has 1 amide bonds. The molecule has 218 valence electrons. The van der Waals surface area contributed by atoms with Crippen LogP contribution >= 0.6 is 0 Å². The van der Waals surface area contributed by atoms with Crippen LogP contribution in [0.15, 0.2) is 51.8 Å². The lowest BCUT2D eigenvalue weighted by atomic mass is 10.0. The maximum absolute atomic E-state index is 14.3. The van der Waals surface area contributed by atoms with E-state index in [4.69, 9.17) is 9.47 Å². The van der Waals surface area contributed by atoms with Crippen molar-refractivity contribution in [3.8, 4) is 0 Å². The van der Waals surface area contributed by atoms with Crippen LogP contribution in [0, 0.1) is 5.82 Å². The smallest absolute Gasteiger partial charge is 0.274 e. The lowest BCUT2D eigenvalue weighted by Gasteiger charge is -2.43. The first-order valence-corrected chi connectivity index (χ1v) is 15.0. The minimum atomic E-state index is -4.09. The van der Waals surface area contributed by atoms with E-state index in [-0.39, 0.29) is 60.0 Å². The van der Waals surface area contributed by atoms with Crippen LogP contribution in [0.1, 0.15) is 32.3 Å². The van der Waals surface area contributed by atoms with Crippen molar-refractivity contribution in [2.24, 2.45) is 4.99 Å². The first-order valence-electron chi connectivity index (χ1n) is 13.5. The number of aliphatic hydroxyl groups is 1. The quantitative estimate of drug-likeness (QED) is 0.502. The number of aliphatic hydroxyl groups excluding tert-OH is 1. The van der Waals surface area contributed by atoms with Gasteiger partial charge in [0.1, 0.15) is 17.3 Å². The molecule has 40 heavy (non-hydrogen) atoms. The molecule has 0 bridgehead atoms. The molecule has 1 aromatic carbocycles. The number of fused-ring (bicyclic) bond motifs is 1. The second-order valence-corrected chi connectivity index (χ2v) is 12.8. The van der Waals surface area contributed by atoms with Gasteiger partial charge >= 0.3 is 0 Å². The maximum atomic E-state index is 14.3. The maximum Gasteiger partial charge on any atom is 0.274 e. The molecule has 4 heterocycles. The average molecular weight is 578 g/mol. The number of sulfonamides is 1. The number of amides is 1. The number of carbonyl (C=O) groups excluding carboxylic acids is 1. The predicted octanol–water partition coefficient (Wildman–Crippen LogP) is 1.73. The molecule has 0 aromatic heterocycles. The summed E-state index contributed by atoms with van der Waals surface area (Å²) in [5, 5.41) is 13.3. The molecule has 5 rings (SSSR count). The van der Waals surface area contributed by atoms with E-state index in [2.05, 4.69) is 21.8 Å². The van der Waals surface area contributed by atoms with Gasteiger partial charge in [-0.1, -0.05) is 12.6 Å². The van der Waals surface area contributed by atoms with Crippen molar-refractivity contribution in [1.29, 1.82) is 0 Å². The van der Waals surface area contributed by atoms with Crippen molar-refractivity contribution in [3.05, 3.63) is 53.3 Å². The molecule has 0 saturated carbocycles. The predicted molar refractivity (Wildman–Crippen MR) is 145 cm³/mol. The number of aliphatic imine (C=N–C) groups is 1. The monoisotopic (exact) mass is 577 g/mol. The number of nitrogens with one attached hydrogen (secondary N) is 1. The Morgan fingerprint density at radius 1 is 1.23 bits per heavy atom. The Hall–Kier alpha value is -2.84. The SMILES string of the molecule is C=C1C(O)=C(C(=O)NCc2ccc(F)cc2S(=O)(=O)N2CCOC(CN3CCCC3)C2)N=C2N1CCOC2(C)C. The Morgan fingerprint density at radius 2 is 1.98 bits per heavy atom. The highest BCUT2D eigenvalue weighted by Gasteiger charge is 2.41. The molecular weight excluding hydrogens is 541 g/mol. The third-order valence-corrected chi connectivity index (χ3v) is 9.62. The highest BCUT2D eigenvalue weighted by atomic mass is 32.2. The number of morpholine rings is 2. The van der Waals surface area contributed by atoms with Gasteiger partial charge in [-0.05, 0) is 57.5 Å². The number of amidine groups is 1. The topological polar surface area (TPSA) is 124 Å². The standard InChI is InChI=1S/C27H36FN5O6S/c1-18-24(34)23(30-26-27(2,3)39-13-11-33(18)26)25(35)29-15-19-6-7-20(28)14-22(19)40(36,37)32-10-12-38-21(17-32)16-31-8-4-5-9-31/h6-7,14,21,34H,1,4-5,8-13,15-17H2,2-3H3,(H,29,35). The van der Waals surface area contributed by atoms with Gasteiger partial charge in [0.15, 0.2) is 11.5 Å². The van der Waals surface area contributed by atoms with Gasteiger partial charge < -0.3 is 29.7 Å². The van der Waals surface area contributed by atoms with Gasteiger partial charge in [-0.25, -0.2) is 17.8 Å². The van der Waals surface area contributed by atoms with E-state index >= 15 is 0 Å². The molecule has 4 aliphatic heterocycles. The van der Waals surface area contributed by atoms with Gasteiger partial charge in [-0.2, -0.15) is 4.31 Å². The highest BCUT2D eigenvalue weighted by molar-refractivity contribution is 7.89. The van der Waals surface area contributed by atoms with Crippen LogP contribution in [0.5, 0.6) is 0 Å². The molecular formula is C27H36FN5O6S. The average Bonchev–Trinajstić information content (AvgIpc) is 3.43. The molecule has 0 aliphatic carbocycles. The fraction of sp³-hybridized carbons (Fsp3) is 0.556. The second-order valence-electron chi connectivity index (χ2n) is 10.9. The minimum Gasteiger partial charge on any atom is -0.504 e. The number of ether oxygens (including phenoxy) is 2. The molecule has 1 atom stereocenters. The molecule has 3 saturated heterocycles. The summed E-state index contributed by atoms with van der Waals surface area (Å²) >= 11 is 0. The van der Waals surface area contributed by atoms with Crippen LogP contribution in [0.25, 0.3) is 0 Å². The van der Waals surface area contributed by atoms with Crippen LogP contribution in [-0.2, 0) is 30.8 Å². The third kappa shape index (κ3) is 5.66. The van der Waals surface area contributed by atoms with E-state index < -0.39 is 27.3 Å². The summed E-state index contributed by atoms with van der Waals surface area (Å²) in [5.41, 5.74) is -0.620. The van der Waals surface area contributed by atoms with Crippen LogP contribution in [0.2, 0.25) is 0 Å². The van der Waals surface area contributed by atoms with E-state index in [1.807, 2.05) is 0 Å². The number of halogens is 1. The Kier molecular flexibility index (Phi) is 8.03. The number of likely N-dealkylation sites (tertiary alicyclic amines) is 1. The summed E-state index contributed by atoms with van der Waals surface area (Å²) in [4.78, 5) is 21.3. The van der Waals surface area contributed by atoms with Crippen molar-refractivity contribution in [3.63, 3.8) is 0 Å². The first-order chi connectivity index (χ1) is 19.0. The molecule has 13 heteroatoms. The summed E-state index contributed by atoms with van der Waals surface area (Å²) in [6.07, 6.45) is 1.96. The number of carbonyl (C=O) groups is 1. The highest BCUT2D eigenvalue weighted by Crippen LogP contribution is 2.31. The summed E-state index contributed by atoms with van der Waals surface area (Å²) in [5.74, 6) is -1.36. The molecule has 4 aliphatic rings. The normalized spacial score (nSPS) is 24.2. The fourth-order valence-corrected chi connectivity index (χ4v) is 7.20. The van der Waals surface area contributed by atoms with Gasteiger partial charge in [0.25, 0.3) is 5.91 Å². The largest absolute Gasteiger partial charge is 0.504 e. The van der Waals surface area contributed by atoms with Gasteiger partial charge in [0.05, 0.1) is 29.9 Å². The van der Waals surface area contributed by atoms with Crippen molar-refractivity contribution < 1.29 is 32.2 Å². The number of benzene rings is 1. The number of rotatable bonds is 7. The Balaban J connectivity index is 1.33. The second kappa shape index (κ2) is 11.2. The van der Waals surface area contributed by atoms with Gasteiger partial charge in [0, 0.05) is 32.7 Å². The van der Waals surface area contributed by atoms with Crippen molar-refractivity contribution in [2.75, 3.05) is 52.5 Å². The molecule has 1 unspecified atom stereocenters. The van der Waals surface area contributed by atoms with Gasteiger partial charge in [-0.15, -0.1) is 0 Å². The third-order valence-electron chi connectivity index (χ3n) is 7.68. The zero-order chi connectivity index (χ0) is 28.7. The summed E-state index contributed by atoms with van der Waals surface area (Å²) in [6.45, 7) is 11.3.